The summed E-state index contributed by atoms with van der Waals surface area (Å²) in [6.45, 7) is 5.56. The van der Waals surface area contributed by atoms with Gasteiger partial charge in [-0.1, -0.05) is 19.8 Å². The van der Waals surface area contributed by atoms with E-state index in [0.29, 0.717) is 12.0 Å². The third-order valence-electron chi connectivity index (χ3n) is 6.09. The van der Waals surface area contributed by atoms with Crippen LogP contribution in [-0.2, 0) is 11.3 Å². The highest BCUT2D eigenvalue weighted by atomic mass is 35.5. The van der Waals surface area contributed by atoms with E-state index in [1.54, 1.807) is 11.3 Å². The van der Waals surface area contributed by atoms with Crippen molar-refractivity contribution in [2.24, 2.45) is 11.8 Å². The minimum absolute atomic E-state index is 0. The number of rotatable bonds is 4. The highest BCUT2D eigenvalue weighted by molar-refractivity contribution is 7.13. The van der Waals surface area contributed by atoms with E-state index in [9.17, 15) is 4.79 Å². The van der Waals surface area contributed by atoms with Crippen molar-refractivity contribution in [1.29, 1.82) is 0 Å². The number of nitrogens with one attached hydrogen (secondary N) is 2. The number of anilines is 1. The summed E-state index contributed by atoms with van der Waals surface area (Å²) >= 11 is 1.55. The molecule has 1 saturated carbocycles. The molecule has 0 bridgehead atoms. The van der Waals surface area contributed by atoms with Gasteiger partial charge >= 0.3 is 0 Å². The van der Waals surface area contributed by atoms with E-state index in [1.807, 2.05) is 0 Å². The van der Waals surface area contributed by atoms with Crippen LogP contribution < -0.4 is 10.6 Å². The first kappa shape index (κ1) is 22.9. The number of carbonyl (C=O) groups is 1. The molecule has 1 aliphatic carbocycles. The first-order chi connectivity index (χ1) is 12.2. The third-order valence-corrected chi connectivity index (χ3v) is 6.89. The molecule has 4 rings (SSSR count). The van der Waals surface area contributed by atoms with Crippen LogP contribution in [0.25, 0.3) is 0 Å². The van der Waals surface area contributed by atoms with Crippen molar-refractivity contribution in [3.8, 4) is 0 Å². The van der Waals surface area contributed by atoms with Crippen molar-refractivity contribution in [3.63, 3.8) is 0 Å². The lowest BCUT2D eigenvalue weighted by atomic mass is 9.85. The monoisotopic (exact) mass is 434 g/mol. The molecule has 3 fully saturated rings. The molecule has 1 aromatic heterocycles. The Morgan fingerprint density at radius 1 is 1.30 bits per heavy atom. The summed E-state index contributed by atoms with van der Waals surface area (Å²) in [5.41, 5.74) is 1.09. The highest BCUT2D eigenvalue weighted by Crippen LogP contribution is 2.33. The van der Waals surface area contributed by atoms with Gasteiger partial charge in [-0.25, -0.2) is 4.98 Å². The number of fused-ring (bicyclic) bond motifs is 1. The Morgan fingerprint density at radius 2 is 2.11 bits per heavy atom. The van der Waals surface area contributed by atoms with Gasteiger partial charge in [0.25, 0.3) is 0 Å². The van der Waals surface area contributed by atoms with E-state index < -0.39 is 0 Å². The SMILES string of the molecule is CC1CCCN(Cc2csc(NC(=O)C3CC4CCCCC4N3)n2)C1.Cl.Cl. The van der Waals surface area contributed by atoms with Crippen molar-refractivity contribution in [3.05, 3.63) is 11.1 Å². The summed E-state index contributed by atoms with van der Waals surface area (Å²) in [5, 5.41) is 9.44. The number of aromatic nitrogens is 1. The van der Waals surface area contributed by atoms with E-state index >= 15 is 0 Å². The van der Waals surface area contributed by atoms with Crippen LogP contribution in [0, 0.1) is 11.8 Å². The largest absolute Gasteiger partial charge is 0.303 e. The van der Waals surface area contributed by atoms with Gasteiger partial charge in [0.05, 0.1) is 11.7 Å². The van der Waals surface area contributed by atoms with Crippen LogP contribution in [0.4, 0.5) is 5.13 Å². The Balaban J connectivity index is 0.00000131. The van der Waals surface area contributed by atoms with E-state index in [4.69, 9.17) is 0 Å². The second kappa shape index (κ2) is 10.4. The van der Waals surface area contributed by atoms with Crippen LogP contribution in [0.2, 0.25) is 0 Å². The molecule has 2 aliphatic heterocycles. The molecule has 3 heterocycles. The molecule has 4 unspecified atom stereocenters. The van der Waals surface area contributed by atoms with E-state index in [0.717, 1.165) is 36.3 Å². The summed E-state index contributed by atoms with van der Waals surface area (Å²) in [4.78, 5) is 19.7. The summed E-state index contributed by atoms with van der Waals surface area (Å²) in [6.07, 6.45) is 8.73. The van der Waals surface area contributed by atoms with Gasteiger partial charge in [-0.05, 0) is 50.5 Å². The van der Waals surface area contributed by atoms with Crippen LogP contribution in [0.3, 0.4) is 0 Å². The van der Waals surface area contributed by atoms with Crippen molar-refractivity contribution in [2.45, 2.75) is 70.5 Å². The number of hydrogen-bond acceptors (Lipinski definition) is 5. The zero-order valence-corrected chi connectivity index (χ0v) is 18.4. The molecule has 2 N–H and O–H groups in total. The minimum Gasteiger partial charge on any atom is -0.303 e. The number of nitrogens with zero attached hydrogens (tertiary/aromatic N) is 2. The molecular formula is C19H32Cl2N4OS. The second-order valence-electron chi connectivity index (χ2n) is 8.22. The average molecular weight is 435 g/mol. The number of thiazole rings is 1. The second-order valence-corrected chi connectivity index (χ2v) is 9.08. The third kappa shape index (κ3) is 5.80. The molecule has 27 heavy (non-hydrogen) atoms. The summed E-state index contributed by atoms with van der Waals surface area (Å²) in [6, 6.07) is 0.515. The van der Waals surface area contributed by atoms with Gasteiger partial charge in [0, 0.05) is 24.5 Å². The van der Waals surface area contributed by atoms with Crippen LogP contribution in [0.15, 0.2) is 5.38 Å². The first-order valence-electron chi connectivity index (χ1n) is 9.91. The summed E-state index contributed by atoms with van der Waals surface area (Å²) in [5.74, 6) is 1.57. The van der Waals surface area contributed by atoms with Gasteiger partial charge in [-0.15, -0.1) is 36.2 Å². The normalized spacial score (nSPS) is 30.7. The molecule has 0 aromatic carbocycles. The van der Waals surface area contributed by atoms with Gasteiger partial charge in [0.15, 0.2) is 5.13 Å². The Labute approximate surface area is 178 Å². The number of halogens is 2. The van der Waals surface area contributed by atoms with E-state index in [1.165, 1.54) is 45.1 Å². The zero-order valence-electron chi connectivity index (χ0n) is 16.0. The predicted octanol–water partition coefficient (Wildman–Crippen LogP) is 4.08. The van der Waals surface area contributed by atoms with Crippen molar-refractivity contribution in [2.75, 3.05) is 18.4 Å². The molecule has 8 heteroatoms. The highest BCUT2D eigenvalue weighted by Gasteiger charge is 2.38. The zero-order chi connectivity index (χ0) is 17.2. The van der Waals surface area contributed by atoms with Crippen LogP contribution in [0.5, 0.6) is 0 Å². The number of hydrogen-bond donors (Lipinski definition) is 2. The molecule has 3 aliphatic rings. The lowest BCUT2D eigenvalue weighted by Gasteiger charge is -2.30. The quantitative estimate of drug-likeness (QED) is 0.749. The molecule has 5 nitrogen and oxygen atoms in total. The minimum atomic E-state index is -0.0385. The topological polar surface area (TPSA) is 57.3 Å². The lowest BCUT2D eigenvalue weighted by Crippen LogP contribution is -2.39. The van der Waals surface area contributed by atoms with Crippen molar-refractivity contribution in [1.82, 2.24) is 15.2 Å². The van der Waals surface area contributed by atoms with Gasteiger partial charge in [0.1, 0.15) is 0 Å². The lowest BCUT2D eigenvalue weighted by molar-refractivity contribution is -0.117. The molecule has 0 spiro atoms. The van der Waals surface area contributed by atoms with Crippen LogP contribution in [0.1, 0.15) is 57.6 Å². The van der Waals surface area contributed by atoms with Gasteiger partial charge in [0.2, 0.25) is 5.91 Å². The maximum Gasteiger partial charge on any atom is 0.243 e. The number of likely N-dealkylation sites (tertiary alicyclic amines) is 1. The number of piperidine rings is 1. The predicted molar refractivity (Wildman–Crippen MR) is 116 cm³/mol. The fourth-order valence-electron chi connectivity index (χ4n) is 4.81. The molecule has 1 amide bonds. The van der Waals surface area contributed by atoms with Gasteiger partial charge < -0.3 is 10.6 Å². The first-order valence-corrected chi connectivity index (χ1v) is 10.8. The Morgan fingerprint density at radius 3 is 2.89 bits per heavy atom. The maximum atomic E-state index is 12.6. The average Bonchev–Trinajstić information content (AvgIpc) is 3.21. The Hall–Kier alpha value is -0.400. The molecular weight excluding hydrogens is 403 g/mol. The van der Waals surface area contributed by atoms with Crippen LogP contribution >= 0.6 is 36.2 Å². The fraction of sp³-hybridized carbons (Fsp3) is 0.789. The maximum absolute atomic E-state index is 12.6. The van der Waals surface area contributed by atoms with E-state index in [2.05, 4.69) is 32.8 Å². The molecule has 154 valence electrons. The van der Waals surface area contributed by atoms with Crippen LogP contribution in [-0.4, -0.2) is 41.0 Å². The summed E-state index contributed by atoms with van der Waals surface area (Å²) < 4.78 is 0. The number of carbonyl (C=O) groups excluding carboxylic acids is 1. The number of amides is 1. The molecule has 1 aromatic rings. The van der Waals surface area contributed by atoms with E-state index in [-0.39, 0.29) is 36.8 Å². The molecule has 4 atom stereocenters. The summed E-state index contributed by atoms with van der Waals surface area (Å²) in [7, 11) is 0. The van der Waals surface area contributed by atoms with Crippen molar-refractivity contribution >= 4 is 47.2 Å². The smallest absolute Gasteiger partial charge is 0.243 e. The van der Waals surface area contributed by atoms with Crippen molar-refractivity contribution < 1.29 is 4.79 Å². The fourth-order valence-corrected chi connectivity index (χ4v) is 5.51. The Kier molecular flexibility index (Phi) is 8.81. The molecule has 0 radical (unpaired) electrons. The van der Waals surface area contributed by atoms with Gasteiger partial charge in [-0.3, -0.25) is 9.69 Å². The van der Waals surface area contributed by atoms with Gasteiger partial charge in [-0.2, -0.15) is 0 Å². The Bertz CT molecular complexity index is 600. The standard InChI is InChI=1S/C19H30N4OS.2ClH/c1-13-5-4-8-23(10-13)11-15-12-25-19(20-15)22-18(24)17-9-14-6-2-3-7-16(14)21-17;;/h12-14,16-17,21H,2-11H2,1H3,(H,20,22,24);2*1H. The molecule has 2 saturated heterocycles.